The van der Waals surface area contributed by atoms with Gasteiger partial charge in [-0.15, -0.1) is 5.10 Å². The van der Waals surface area contributed by atoms with Crippen molar-refractivity contribution in [3.63, 3.8) is 0 Å². The van der Waals surface area contributed by atoms with Crippen molar-refractivity contribution in [1.82, 2.24) is 20.3 Å². The van der Waals surface area contributed by atoms with Gasteiger partial charge in [-0.1, -0.05) is 19.1 Å². The maximum atomic E-state index is 11.5. The molecule has 0 saturated heterocycles. The fraction of sp³-hybridized carbons (Fsp3) is 0.600. The zero-order valence-corrected chi connectivity index (χ0v) is 10.2. The average Bonchev–Trinajstić information content (AvgIpc) is 2.58. The third-order valence-electron chi connectivity index (χ3n) is 2.22. The lowest BCUT2D eigenvalue weighted by atomic mass is 10.2. The van der Waals surface area contributed by atoms with E-state index in [2.05, 4.69) is 15.6 Å². The van der Waals surface area contributed by atoms with Crippen LogP contribution in [0.25, 0.3) is 0 Å². The fourth-order valence-electron chi connectivity index (χ4n) is 1.25. The molecule has 0 atom stereocenters. The molecule has 0 aliphatic rings. The van der Waals surface area contributed by atoms with Gasteiger partial charge in [-0.25, -0.2) is 4.68 Å². The van der Waals surface area contributed by atoms with E-state index in [-0.39, 0.29) is 18.1 Å². The van der Waals surface area contributed by atoms with Crippen molar-refractivity contribution in [2.75, 3.05) is 6.54 Å². The van der Waals surface area contributed by atoms with Crippen molar-refractivity contribution >= 4 is 11.8 Å². The zero-order valence-electron chi connectivity index (χ0n) is 10.2. The van der Waals surface area contributed by atoms with Gasteiger partial charge in [0.15, 0.2) is 5.69 Å². The lowest BCUT2D eigenvalue weighted by Crippen LogP contribution is -2.31. The van der Waals surface area contributed by atoms with Gasteiger partial charge in [-0.2, -0.15) is 0 Å². The first kappa shape index (κ1) is 13.1. The van der Waals surface area contributed by atoms with Crippen LogP contribution in [0.3, 0.4) is 0 Å². The van der Waals surface area contributed by atoms with E-state index in [0.717, 1.165) is 0 Å². The minimum Gasteiger partial charge on any atom is -0.364 e. The minimum atomic E-state index is -0.642. The summed E-state index contributed by atoms with van der Waals surface area (Å²) < 4.78 is 1.36. The molecule has 1 heterocycles. The molecule has 3 N–H and O–H groups in total. The fourth-order valence-corrected chi connectivity index (χ4v) is 1.25. The van der Waals surface area contributed by atoms with Crippen molar-refractivity contribution in [3.05, 3.63) is 11.4 Å². The molecule has 0 aliphatic carbocycles. The Balaban J connectivity index is 2.63. The number of rotatable bonds is 5. The van der Waals surface area contributed by atoms with Crippen LogP contribution in [0.15, 0.2) is 0 Å². The predicted molar refractivity (Wildman–Crippen MR) is 61.1 cm³/mol. The Hall–Kier alpha value is -1.92. The maximum Gasteiger partial charge on any atom is 0.271 e. The average molecular weight is 239 g/mol. The van der Waals surface area contributed by atoms with Gasteiger partial charge in [0.25, 0.3) is 5.91 Å². The number of carbonyl (C=O) groups excluding carboxylic acids is 2. The van der Waals surface area contributed by atoms with E-state index in [1.807, 2.05) is 13.8 Å². The van der Waals surface area contributed by atoms with Crippen LogP contribution >= 0.6 is 0 Å². The SMILES string of the molecule is Cc1c(C(N)=O)nnn1CC(=O)NCC(C)C. The molecular weight excluding hydrogens is 222 g/mol. The van der Waals surface area contributed by atoms with Gasteiger partial charge in [0.2, 0.25) is 5.91 Å². The number of hydrogen-bond donors (Lipinski definition) is 2. The second-order valence-corrected chi connectivity index (χ2v) is 4.24. The standard InChI is InChI=1S/C10H17N5O2/c1-6(2)4-12-8(16)5-15-7(3)9(10(11)17)13-14-15/h6H,4-5H2,1-3H3,(H2,11,17)(H,12,16). The molecule has 7 heteroatoms. The zero-order chi connectivity index (χ0) is 13.0. The highest BCUT2D eigenvalue weighted by atomic mass is 16.2. The van der Waals surface area contributed by atoms with Crippen molar-refractivity contribution in [1.29, 1.82) is 0 Å². The molecule has 0 unspecified atom stereocenters. The molecule has 0 radical (unpaired) electrons. The smallest absolute Gasteiger partial charge is 0.271 e. The van der Waals surface area contributed by atoms with Gasteiger partial charge in [0.05, 0.1) is 5.69 Å². The number of amides is 2. The molecule has 2 amide bonds. The van der Waals surface area contributed by atoms with Crippen LogP contribution in [0.5, 0.6) is 0 Å². The lowest BCUT2D eigenvalue weighted by Gasteiger charge is -2.07. The summed E-state index contributed by atoms with van der Waals surface area (Å²) in [4.78, 5) is 22.5. The Morgan fingerprint density at radius 2 is 2.12 bits per heavy atom. The Labute approximate surface area is 99.4 Å². The summed E-state index contributed by atoms with van der Waals surface area (Å²) in [5.41, 5.74) is 5.70. The molecule has 0 bridgehead atoms. The van der Waals surface area contributed by atoms with E-state index in [4.69, 9.17) is 5.73 Å². The van der Waals surface area contributed by atoms with Crippen LogP contribution in [-0.4, -0.2) is 33.4 Å². The van der Waals surface area contributed by atoms with Crippen LogP contribution in [0.1, 0.15) is 30.0 Å². The topological polar surface area (TPSA) is 103 Å². The number of primary amides is 1. The summed E-state index contributed by atoms with van der Waals surface area (Å²) in [5.74, 6) is -0.420. The third-order valence-corrected chi connectivity index (χ3v) is 2.22. The summed E-state index contributed by atoms with van der Waals surface area (Å²) in [6, 6.07) is 0. The van der Waals surface area contributed by atoms with Crippen LogP contribution < -0.4 is 11.1 Å². The number of nitrogens with two attached hydrogens (primary N) is 1. The molecule has 0 fully saturated rings. The predicted octanol–water partition coefficient (Wildman–Crippen LogP) is -0.542. The van der Waals surface area contributed by atoms with Crippen LogP contribution in [0, 0.1) is 12.8 Å². The van der Waals surface area contributed by atoms with E-state index in [9.17, 15) is 9.59 Å². The number of nitrogens with one attached hydrogen (secondary N) is 1. The minimum absolute atomic E-state index is 0.0405. The molecule has 1 aromatic rings. The van der Waals surface area contributed by atoms with E-state index < -0.39 is 5.91 Å². The summed E-state index contributed by atoms with van der Waals surface area (Å²) in [7, 11) is 0. The quantitative estimate of drug-likeness (QED) is 0.720. The molecule has 0 spiro atoms. The Morgan fingerprint density at radius 3 is 2.59 bits per heavy atom. The molecule has 1 rings (SSSR count). The van der Waals surface area contributed by atoms with Crippen molar-refractivity contribution in [2.24, 2.45) is 11.7 Å². The summed E-state index contributed by atoms with van der Waals surface area (Å²) in [5, 5.41) is 10.1. The highest BCUT2D eigenvalue weighted by Gasteiger charge is 2.15. The highest BCUT2D eigenvalue weighted by Crippen LogP contribution is 2.02. The van der Waals surface area contributed by atoms with Gasteiger partial charge >= 0.3 is 0 Å². The Morgan fingerprint density at radius 1 is 1.47 bits per heavy atom. The van der Waals surface area contributed by atoms with Gasteiger partial charge in [-0.3, -0.25) is 9.59 Å². The molecule has 0 aliphatic heterocycles. The summed E-state index contributed by atoms with van der Waals surface area (Å²) >= 11 is 0. The first-order valence-electron chi connectivity index (χ1n) is 5.38. The van der Waals surface area contributed by atoms with Gasteiger partial charge < -0.3 is 11.1 Å². The molecule has 7 nitrogen and oxygen atoms in total. The molecule has 0 aromatic carbocycles. The molecule has 0 saturated carbocycles. The van der Waals surface area contributed by atoms with E-state index in [0.29, 0.717) is 18.2 Å². The molecular formula is C10H17N5O2. The van der Waals surface area contributed by atoms with E-state index in [1.54, 1.807) is 6.92 Å². The third kappa shape index (κ3) is 3.54. The summed E-state index contributed by atoms with van der Waals surface area (Å²) in [6.07, 6.45) is 0. The number of hydrogen-bond acceptors (Lipinski definition) is 4. The number of aromatic nitrogens is 3. The van der Waals surface area contributed by atoms with E-state index in [1.165, 1.54) is 4.68 Å². The second-order valence-electron chi connectivity index (χ2n) is 4.24. The lowest BCUT2D eigenvalue weighted by molar-refractivity contribution is -0.122. The molecule has 94 valence electrons. The summed E-state index contributed by atoms with van der Waals surface area (Å²) in [6.45, 7) is 6.31. The van der Waals surface area contributed by atoms with Gasteiger partial charge in [0.1, 0.15) is 6.54 Å². The molecule has 17 heavy (non-hydrogen) atoms. The van der Waals surface area contributed by atoms with Crippen LogP contribution in [-0.2, 0) is 11.3 Å². The van der Waals surface area contributed by atoms with Crippen molar-refractivity contribution in [2.45, 2.75) is 27.3 Å². The highest BCUT2D eigenvalue weighted by molar-refractivity contribution is 5.91. The monoisotopic (exact) mass is 239 g/mol. The van der Waals surface area contributed by atoms with E-state index >= 15 is 0 Å². The Bertz CT molecular complexity index is 424. The number of nitrogens with zero attached hydrogens (tertiary/aromatic N) is 3. The second kappa shape index (κ2) is 5.42. The van der Waals surface area contributed by atoms with Gasteiger partial charge in [0, 0.05) is 6.54 Å². The molecule has 1 aromatic heterocycles. The maximum absolute atomic E-state index is 11.5. The number of carbonyl (C=O) groups is 2. The Kier molecular flexibility index (Phi) is 4.19. The first-order valence-corrected chi connectivity index (χ1v) is 5.38. The van der Waals surface area contributed by atoms with Crippen LogP contribution in [0.2, 0.25) is 0 Å². The normalized spacial score (nSPS) is 10.6. The largest absolute Gasteiger partial charge is 0.364 e. The van der Waals surface area contributed by atoms with Gasteiger partial charge in [-0.05, 0) is 12.8 Å². The van der Waals surface area contributed by atoms with Crippen LogP contribution in [0.4, 0.5) is 0 Å². The van der Waals surface area contributed by atoms with Crippen molar-refractivity contribution in [3.8, 4) is 0 Å². The first-order chi connectivity index (χ1) is 7.91. The van der Waals surface area contributed by atoms with Crippen molar-refractivity contribution < 1.29 is 9.59 Å².